The van der Waals surface area contributed by atoms with Gasteiger partial charge in [-0.05, 0) is 77.1 Å². The number of anilines is 1. The van der Waals surface area contributed by atoms with E-state index in [1.54, 1.807) is 0 Å². The molecule has 6 rings (SSSR count). The van der Waals surface area contributed by atoms with Crippen LogP contribution in [0, 0.1) is 0 Å². The highest BCUT2D eigenvalue weighted by molar-refractivity contribution is 5.78. The summed E-state index contributed by atoms with van der Waals surface area (Å²) in [5.41, 5.74) is 7.72. The van der Waals surface area contributed by atoms with Gasteiger partial charge in [0.05, 0.1) is 0 Å². The lowest BCUT2D eigenvalue weighted by molar-refractivity contribution is -0.0787. The largest absolute Gasteiger partial charge is 0.352 e. The minimum Gasteiger partial charge on any atom is -0.352 e. The third-order valence-electron chi connectivity index (χ3n) is 8.64. The Morgan fingerprint density at radius 1 is 0.600 bits per heavy atom. The zero-order chi connectivity index (χ0) is 31.1. The molecular formula is C42H41NO2. The Morgan fingerprint density at radius 3 is 1.42 bits per heavy atom. The lowest BCUT2D eigenvalue weighted by Crippen LogP contribution is -2.63. The van der Waals surface area contributed by atoms with E-state index in [-0.39, 0.29) is 0 Å². The number of allylic oxidation sites excluding steroid dienone is 4. The molecule has 2 atom stereocenters. The topological polar surface area (TPSA) is 21.7 Å². The number of benzene rings is 4. The van der Waals surface area contributed by atoms with E-state index < -0.39 is 11.4 Å². The maximum absolute atomic E-state index is 6.80. The van der Waals surface area contributed by atoms with Crippen LogP contribution in [0.5, 0.6) is 0 Å². The van der Waals surface area contributed by atoms with Crippen molar-refractivity contribution in [3.8, 4) is 11.1 Å². The Hall–Kier alpha value is -4.70. The molecule has 0 saturated heterocycles. The van der Waals surface area contributed by atoms with E-state index in [0.717, 1.165) is 16.8 Å². The Morgan fingerprint density at radius 2 is 1.04 bits per heavy atom. The molecule has 3 heteroatoms. The third kappa shape index (κ3) is 6.28. The molecule has 4 aromatic rings. The number of hydrogen-bond acceptors (Lipinski definition) is 3. The molecule has 0 N–H and O–H groups in total. The molecule has 2 aliphatic rings. The fourth-order valence-corrected chi connectivity index (χ4v) is 6.46. The summed E-state index contributed by atoms with van der Waals surface area (Å²) in [5, 5.41) is 0. The van der Waals surface area contributed by atoms with Crippen molar-refractivity contribution in [2.75, 3.05) is 18.1 Å². The van der Waals surface area contributed by atoms with Gasteiger partial charge in [-0.25, -0.2) is 0 Å². The second-order valence-electron chi connectivity index (χ2n) is 11.4. The molecule has 0 spiro atoms. The first-order valence-electron chi connectivity index (χ1n) is 15.9. The van der Waals surface area contributed by atoms with Gasteiger partial charge in [-0.1, -0.05) is 134 Å². The number of rotatable bonds is 11. The molecule has 0 aliphatic heterocycles. The van der Waals surface area contributed by atoms with Crippen LogP contribution in [0.4, 0.5) is 5.69 Å². The van der Waals surface area contributed by atoms with E-state index >= 15 is 0 Å². The normalized spacial score (nSPS) is 20.8. The first-order chi connectivity index (χ1) is 22.1. The summed E-state index contributed by atoms with van der Waals surface area (Å²) in [4.78, 5) is 2.36. The molecule has 45 heavy (non-hydrogen) atoms. The lowest BCUT2D eigenvalue weighted by Gasteiger charge is -2.53. The van der Waals surface area contributed by atoms with Crippen molar-refractivity contribution in [1.82, 2.24) is 0 Å². The smallest absolute Gasteiger partial charge is 0.166 e. The second-order valence-corrected chi connectivity index (χ2v) is 11.4. The van der Waals surface area contributed by atoms with Gasteiger partial charge < -0.3 is 14.4 Å². The summed E-state index contributed by atoms with van der Waals surface area (Å²) in [7, 11) is 0. The predicted molar refractivity (Wildman–Crippen MR) is 190 cm³/mol. The first kappa shape index (κ1) is 30.3. The molecule has 3 nitrogen and oxygen atoms in total. The van der Waals surface area contributed by atoms with Gasteiger partial charge in [-0.2, -0.15) is 0 Å². The van der Waals surface area contributed by atoms with Crippen LogP contribution in [0.1, 0.15) is 43.4 Å². The van der Waals surface area contributed by atoms with Crippen LogP contribution in [0.25, 0.3) is 28.3 Å². The van der Waals surface area contributed by atoms with Crippen molar-refractivity contribution >= 4 is 22.9 Å². The van der Waals surface area contributed by atoms with E-state index in [2.05, 4.69) is 171 Å². The Kier molecular flexibility index (Phi) is 9.11. The summed E-state index contributed by atoms with van der Waals surface area (Å²) in [6.07, 6.45) is 16.7. The van der Waals surface area contributed by atoms with Crippen LogP contribution in [0.15, 0.2) is 152 Å². The zero-order valence-corrected chi connectivity index (χ0v) is 26.2. The molecule has 4 aromatic carbocycles. The van der Waals surface area contributed by atoms with Crippen molar-refractivity contribution in [3.63, 3.8) is 0 Å². The lowest BCUT2D eigenvalue weighted by atomic mass is 9.87. The van der Waals surface area contributed by atoms with Crippen molar-refractivity contribution in [2.45, 2.75) is 38.1 Å². The van der Waals surface area contributed by atoms with Gasteiger partial charge >= 0.3 is 0 Å². The van der Waals surface area contributed by atoms with Crippen molar-refractivity contribution in [3.05, 3.63) is 169 Å². The van der Waals surface area contributed by atoms with E-state index in [1.165, 1.54) is 27.8 Å². The average molecular weight is 592 g/mol. The Labute approximate surface area is 268 Å². The van der Waals surface area contributed by atoms with Crippen LogP contribution < -0.4 is 4.90 Å². The van der Waals surface area contributed by atoms with Gasteiger partial charge in [0.15, 0.2) is 11.4 Å². The monoisotopic (exact) mass is 591 g/mol. The molecule has 0 bridgehead atoms. The van der Waals surface area contributed by atoms with Gasteiger partial charge in [0.1, 0.15) is 0 Å². The maximum Gasteiger partial charge on any atom is 0.166 e. The van der Waals surface area contributed by atoms with Gasteiger partial charge in [-0.15, -0.1) is 0 Å². The molecule has 0 fully saturated rings. The van der Waals surface area contributed by atoms with E-state index in [9.17, 15) is 0 Å². The molecule has 0 radical (unpaired) electrons. The number of nitrogens with zero attached hydrogens (tertiary/aromatic N) is 1. The van der Waals surface area contributed by atoms with E-state index in [1.807, 2.05) is 6.08 Å². The third-order valence-corrected chi connectivity index (χ3v) is 8.64. The van der Waals surface area contributed by atoms with E-state index in [4.69, 9.17) is 9.47 Å². The van der Waals surface area contributed by atoms with Gasteiger partial charge in [0.25, 0.3) is 0 Å². The zero-order valence-electron chi connectivity index (χ0n) is 26.2. The minimum atomic E-state index is -0.766. The SMILES string of the molecule is C=Cc1ccc(-c2ccc(N(C3(OCC)C=CC(c4ccccc4)=CC3)C3(OCC)C=CC(c4ccccc4)=CC3)cc2)cc1. The maximum atomic E-state index is 6.80. The molecule has 0 saturated carbocycles. The van der Waals surface area contributed by atoms with Crippen LogP contribution >= 0.6 is 0 Å². The highest BCUT2D eigenvalue weighted by Gasteiger charge is 2.48. The molecule has 0 amide bonds. The Bertz CT molecular complexity index is 1630. The molecule has 2 aliphatic carbocycles. The predicted octanol–water partition coefficient (Wildman–Crippen LogP) is 10.4. The van der Waals surface area contributed by atoms with Crippen molar-refractivity contribution < 1.29 is 9.47 Å². The molecule has 2 unspecified atom stereocenters. The molecule has 0 aromatic heterocycles. The minimum absolute atomic E-state index is 0.556. The summed E-state index contributed by atoms with van der Waals surface area (Å²) in [6, 6.07) is 38.4. The van der Waals surface area contributed by atoms with Crippen LogP contribution in [0.2, 0.25) is 0 Å². The van der Waals surface area contributed by atoms with Crippen molar-refractivity contribution in [2.24, 2.45) is 0 Å². The van der Waals surface area contributed by atoms with Crippen LogP contribution in [0.3, 0.4) is 0 Å². The van der Waals surface area contributed by atoms with Gasteiger partial charge in [0.2, 0.25) is 0 Å². The average Bonchev–Trinajstić information content (AvgIpc) is 3.10. The van der Waals surface area contributed by atoms with Crippen LogP contribution in [-0.2, 0) is 9.47 Å². The van der Waals surface area contributed by atoms with E-state index in [0.29, 0.717) is 26.1 Å². The number of hydrogen-bond donors (Lipinski definition) is 0. The molecule has 0 heterocycles. The highest BCUT2D eigenvalue weighted by Crippen LogP contribution is 2.45. The summed E-state index contributed by atoms with van der Waals surface area (Å²) < 4.78 is 13.6. The fraction of sp³-hybridized carbons (Fsp3) is 0.190. The summed E-state index contributed by atoms with van der Waals surface area (Å²) in [5.74, 6) is 0. The molecule has 226 valence electrons. The highest BCUT2D eigenvalue weighted by atomic mass is 16.5. The number of ether oxygens (including phenoxy) is 2. The summed E-state index contributed by atoms with van der Waals surface area (Å²) in [6.45, 7) is 9.14. The first-order valence-corrected chi connectivity index (χ1v) is 15.9. The fourth-order valence-electron chi connectivity index (χ4n) is 6.46. The molecular weight excluding hydrogens is 550 g/mol. The standard InChI is InChI=1S/C42H41NO2/c1-4-33-17-19-36(20-18-33)37-21-23-40(24-22-37)43(41(44-5-2)29-25-38(26-30-41)34-13-9-7-10-14-34)42(45-6-3)31-27-39(28-32-42)35-15-11-8-12-16-35/h4,7-29,31H,1,5-6,30,32H2,2-3H3. The summed E-state index contributed by atoms with van der Waals surface area (Å²) >= 11 is 0. The van der Waals surface area contributed by atoms with Gasteiger partial charge in [0, 0.05) is 31.7 Å². The van der Waals surface area contributed by atoms with Crippen LogP contribution in [-0.4, -0.2) is 24.7 Å². The quantitative estimate of drug-likeness (QED) is 0.162. The van der Waals surface area contributed by atoms with Crippen molar-refractivity contribution in [1.29, 1.82) is 0 Å². The second kappa shape index (κ2) is 13.5. The Balaban J connectivity index is 1.44. The van der Waals surface area contributed by atoms with Gasteiger partial charge in [-0.3, -0.25) is 0 Å².